The van der Waals surface area contributed by atoms with Crippen LogP contribution in [0.2, 0.25) is 0 Å². The summed E-state index contributed by atoms with van der Waals surface area (Å²) in [6.07, 6.45) is 1.26. The Balaban J connectivity index is 2.49. The zero-order chi connectivity index (χ0) is 10.8. The summed E-state index contributed by atoms with van der Waals surface area (Å²) in [4.78, 5) is 23.4. The van der Waals surface area contributed by atoms with Crippen LogP contribution in [-0.4, -0.2) is 18.2 Å². The van der Waals surface area contributed by atoms with Crippen LogP contribution in [0.15, 0.2) is 36.1 Å². The average molecular weight is 202 g/mol. The van der Waals surface area contributed by atoms with Crippen molar-refractivity contribution in [3.63, 3.8) is 0 Å². The van der Waals surface area contributed by atoms with E-state index in [1.165, 1.54) is 6.08 Å². The van der Waals surface area contributed by atoms with Gasteiger partial charge in [0, 0.05) is 17.2 Å². The first-order valence-electron chi connectivity index (χ1n) is 4.76. The van der Waals surface area contributed by atoms with Crippen molar-refractivity contribution in [2.45, 2.75) is 6.92 Å². The van der Waals surface area contributed by atoms with Crippen molar-refractivity contribution in [2.24, 2.45) is 0 Å². The van der Waals surface area contributed by atoms with Crippen molar-refractivity contribution < 1.29 is 14.3 Å². The Kier molecular flexibility index (Phi) is 2.37. The van der Waals surface area contributed by atoms with Crippen LogP contribution in [0.3, 0.4) is 0 Å². The third-order valence-corrected chi connectivity index (χ3v) is 2.22. The third kappa shape index (κ3) is 1.56. The largest absolute Gasteiger partial charge is 0.490 e. The predicted molar refractivity (Wildman–Crippen MR) is 54.8 cm³/mol. The van der Waals surface area contributed by atoms with Gasteiger partial charge in [0.05, 0.1) is 6.61 Å². The van der Waals surface area contributed by atoms with Gasteiger partial charge in [0.15, 0.2) is 11.5 Å². The second-order valence-electron chi connectivity index (χ2n) is 3.18. The standard InChI is InChI=1S/C12H10O3/c1-2-15-11-7-10(13)8-5-3-4-6-9(8)12(11)14/h3-7H,2H2,1H3. The highest BCUT2D eigenvalue weighted by Gasteiger charge is 2.25. The maximum atomic E-state index is 11.8. The molecule has 0 N–H and O–H groups in total. The smallest absolute Gasteiger partial charge is 0.228 e. The number of rotatable bonds is 2. The van der Waals surface area contributed by atoms with Crippen LogP contribution in [-0.2, 0) is 4.74 Å². The van der Waals surface area contributed by atoms with E-state index < -0.39 is 0 Å². The Hall–Kier alpha value is -1.90. The normalized spacial score (nSPS) is 14.6. The number of hydrogen-bond donors (Lipinski definition) is 0. The molecule has 1 aliphatic carbocycles. The number of benzene rings is 1. The highest BCUT2D eigenvalue weighted by Crippen LogP contribution is 2.21. The van der Waals surface area contributed by atoms with E-state index in [1.807, 2.05) is 0 Å². The molecule has 0 atom stereocenters. The molecule has 0 saturated carbocycles. The SMILES string of the molecule is CCOC1=CC(=O)c2ccccc2C1=O. The van der Waals surface area contributed by atoms with E-state index in [1.54, 1.807) is 31.2 Å². The Morgan fingerprint density at radius 1 is 1.13 bits per heavy atom. The first-order valence-corrected chi connectivity index (χ1v) is 4.76. The Bertz CT molecular complexity index is 458. The number of carbonyl (C=O) groups excluding carboxylic acids is 2. The monoisotopic (exact) mass is 202 g/mol. The van der Waals surface area contributed by atoms with Gasteiger partial charge < -0.3 is 4.74 Å². The molecular weight excluding hydrogens is 192 g/mol. The summed E-state index contributed by atoms with van der Waals surface area (Å²) in [5.41, 5.74) is 0.874. The molecule has 3 heteroatoms. The van der Waals surface area contributed by atoms with Gasteiger partial charge in [-0.1, -0.05) is 24.3 Å². The van der Waals surface area contributed by atoms with Crippen molar-refractivity contribution in [3.8, 4) is 0 Å². The fraction of sp³-hybridized carbons (Fsp3) is 0.167. The summed E-state index contributed by atoms with van der Waals surface area (Å²) < 4.78 is 5.11. The highest BCUT2D eigenvalue weighted by atomic mass is 16.5. The Morgan fingerprint density at radius 3 is 2.47 bits per heavy atom. The zero-order valence-corrected chi connectivity index (χ0v) is 8.32. The minimum atomic E-state index is -0.216. The molecule has 0 aliphatic heterocycles. The molecule has 0 heterocycles. The lowest BCUT2D eigenvalue weighted by Crippen LogP contribution is -2.18. The molecule has 0 radical (unpaired) electrons. The van der Waals surface area contributed by atoms with Crippen LogP contribution in [0.25, 0.3) is 0 Å². The molecule has 2 rings (SSSR count). The van der Waals surface area contributed by atoms with Crippen molar-refractivity contribution in [1.29, 1.82) is 0 Å². The molecule has 0 saturated heterocycles. The van der Waals surface area contributed by atoms with Gasteiger partial charge in [-0.05, 0) is 6.92 Å². The molecule has 15 heavy (non-hydrogen) atoms. The van der Waals surface area contributed by atoms with Gasteiger partial charge >= 0.3 is 0 Å². The van der Waals surface area contributed by atoms with E-state index in [4.69, 9.17) is 4.74 Å². The first kappa shape index (κ1) is 9.65. The summed E-state index contributed by atoms with van der Waals surface area (Å²) in [5.74, 6) is -0.248. The molecule has 0 aromatic heterocycles. The molecule has 0 spiro atoms. The van der Waals surface area contributed by atoms with E-state index in [2.05, 4.69) is 0 Å². The number of ether oxygens (including phenoxy) is 1. The molecule has 1 aliphatic rings. The van der Waals surface area contributed by atoms with Crippen LogP contribution in [0.1, 0.15) is 27.6 Å². The zero-order valence-electron chi connectivity index (χ0n) is 8.32. The van der Waals surface area contributed by atoms with Crippen LogP contribution in [0.4, 0.5) is 0 Å². The van der Waals surface area contributed by atoms with Gasteiger partial charge in [0.1, 0.15) is 0 Å². The highest BCUT2D eigenvalue weighted by molar-refractivity contribution is 6.23. The third-order valence-electron chi connectivity index (χ3n) is 2.22. The molecule has 0 unspecified atom stereocenters. The maximum Gasteiger partial charge on any atom is 0.228 e. The van der Waals surface area contributed by atoms with Gasteiger partial charge in [-0.2, -0.15) is 0 Å². The van der Waals surface area contributed by atoms with Gasteiger partial charge in [-0.15, -0.1) is 0 Å². The number of carbonyl (C=O) groups is 2. The lowest BCUT2D eigenvalue weighted by molar-refractivity contribution is 0.0892. The summed E-state index contributed by atoms with van der Waals surface area (Å²) in [6, 6.07) is 6.76. The lowest BCUT2D eigenvalue weighted by Gasteiger charge is -2.14. The summed E-state index contributed by atoms with van der Waals surface area (Å²) in [6.45, 7) is 2.16. The van der Waals surface area contributed by atoms with Crippen molar-refractivity contribution in [2.75, 3.05) is 6.61 Å². The molecule has 0 fully saturated rings. The number of hydrogen-bond acceptors (Lipinski definition) is 3. The lowest BCUT2D eigenvalue weighted by atomic mass is 9.94. The first-order chi connectivity index (χ1) is 7.24. The van der Waals surface area contributed by atoms with Crippen LogP contribution in [0.5, 0.6) is 0 Å². The molecule has 0 amide bonds. The minimum Gasteiger partial charge on any atom is -0.490 e. The maximum absolute atomic E-state index is 11.8. The topological polar surface area (TPSA) is 43.4 Å². The summed E-state index contributed by atoms with van der Waals surface area (Å²) in [7, 11) is 0. The number of fused-ring (bicyclic) bond motifs is 1. The van der Waals surface area contributed by atoms with Crippen LogP contribution < -0.4 is 0 Å². The number of ketones is 2. The molecule has 1 aromatic rings. The predicted octanol–water partition coefficient (Wildman–Crippen LogP) is 1.99. The van der Waals surface area contributed by atoms with Gasteiger partial charge in [0.2, 0.25) is 5.78 Å². The summed E-state index contributed by atoms with van der Waals surface area (Å²) in [5, 5.41) is 0. The van der Waals surface area contributed by atoms with E-state index in [9.17, 15) is 9.59 Å². The molecule has 1 aromatic carbocycles. The van der Waals surface area contributed by atoms with Crippen LogP contribution >= 0.6 is 0 Å². The van der Waals surface area contributed by atoms with Gasteiger partial charge in [0.25, 0.3) is 0 Å². The van der Waals surface area contributed by atoms with Crippen LogP contribution in [0, 0.1) is 0 Å². The van der Waals surface area contributed by atoms with Gasteiger partial charge in [-0.25, -0.2) is 0 Å². The van der Waals surface area contributed by atoms with E-state index in [-0.39, 0.29) is 17.3 Å². The van der Waals surface area contributed by atoms with E-state index in [0.717, 1.165) is 0 Å². The summed E-state index contributed by atoms with van der Waals surface area (Å²) >= 11 is 0. The van der Waals surface area contributed by atoms with E-state index >= 15 is 0 Å². The van der Waals surface area contributed by atoms with Gasteiger partial charge in [-0.3, -0.25) is 9.59 Å². The quantitative estimate of drug-likeness (QED) is 0.736. The second kappa shape index (κ2) is 3.69. The van der Waals surface area contributed by atoms with Crippen molar-refractivity contribution in [1.82, 2.24) is 0 Å². The minimum absolute atomic E-state index is 0.140. The number of Topliss-reactive ketones (excluding diaryl/α,β-unsaturated/α-hetero) is 1. The second-order valence-corrected chi connectivity index (χ2v) is 3.18. The molecule has 0 bridgehead atoms. The van der Waals surface area contributed by atoms with E-state index in [0.29, 0.717) is 17.7 Å². The van der Waals surface area contributed by atoms with Crippen molar-refractivity contribution >= 4 is 11.6 Å². The average Bonchev–Trinajstić information content (AvgIpc) is 2.26. The Labute approximate surface area is 87.4 Å². The fourth-order valence-electron chi connectivity index (χ4n) is 1.55. The molecule has 76 valence electrons. The number of allylic oxidation sites excluding steroid dienone is 2. The fourth-order valence-corrected chi connectivity index (χ4v) is 1.55. The Morgan fingerprint density at radius 2 is 1.80 bits per heavy atom. The molecular formula is C12H10O3. The van der Waals surface area contributed by atoms with Crippen molar-refractivity contribution in [3.05, 3.63) is 47.2 Å². The molecule has 3 nitrogen and oxygen atoms in total.